The molecule has 3 atom stereocenters. The Hall–Kier alpha value is -0.610. The van der Waals surface area contributed by atoms with Gasteiger partial charge in [-0.2, -0.15) is 0 Å². The molecule has 2 fully saturated rings. The normalized spacial score (nSPS) is 37.4. The van der Waals surface area contributed by atoms with E-state index in [1.54, 1.807) is 0 Å². The van der Waals surface area contributed by atoms with Crippen LogP contribution >= 0.6 is 0 Å². The van der Waals surface area contributed by atoms with Crippen molar-refractivity contribution < 1.29 is 9.53 Å². The molecule has 4 nitrogen and oxygen atoms in total. The third-order valence-electron chi connectivity index (χ3n) is 3.05. The standard InChI is InChI=1S/C10H18N2O2/c1-7-3-5-14-9(7)10(13)12-8-2-4-11-6-8/h7-9,11H,2-6H2,1H3,(H,12,13). The molecule has 14 heavy (non-hydrogen) atoms. The van der Waals surface area contributed by atoms with Crippen LogP contribution in [0.5, 0.6) is 0 Å². The molecule has 0 spiro atoms. The molecular weight excluding hydrogens is 180 g/mol. The molecule has 0 aliphatic carbocycles. The third kappa shape index (κ3) is 2.07. The summed E-state index contributed by atoms with van der Waals surface area (Å²) in [6, 6.07) is 0.305. The zero-order valence-corrected chi connectivity index (χ0v) is 8.58. The van der Waals surface area contributed by atoms with Crippen LogP contribution in [0, 0.1) is 5.92 Å². The van der Waals surface area contributed by atoms with Gasteiger partial charge in [-0.1, -0.05) is 6.92 Å². The number of amides is 1. The van der Waals surface area contributed by atoms with Crippen LogP contribution in [0.1, 0.15) is 19.8 Å². The van der Waals surface area contributed by atoms with Gasteiger partial charge in [0.2, 0.25) is 5.91 Å². The SMILES string of the molecule is CC1CCOC1C(=O)NC1CCNC1. The van der Waals surface area contributed by atoms with Crippen molar-refractivity contribution in [2.45, 2.75) is 31.9 Å². The molecule has 80 valence electrons. The summed E-state index contributed by atoms with van der Waals surface area (Å²) in [5.41, 5.74) is 0. The van der Waals surface area contributed by atoms with Gasteiger partial charge in [0.15, 0.2) is 0 Å². The van der Waals surface area contributed by atoms with Crippen LogP contribution in [0.25, 0.3) is 0 Å². The van der Waals surface area contributed by atoms with Gasteiger partial charge in [0, 0.05) is 19.2 Å². The van der Waals surface area contributed by atoms with Crippen LogP contribution in [-0.4, -0.2) is 37.7 Å². The number of ether oxygens (including phenoxy) is 1. The number of hydrogen-bond acceptors (Lipinski definition) is 3. The molecule has 2 rings (SSSR count). The van der Waals surface area contributed by atoms with Crippen molar-refractivity contribution in [1.29, 1.82) is 0 Å². The van der Waals surface area contributed by atoms with Gasteiger partial charge < -0.3 is 15.4 Å². The van der Waals surface area contributed by atoms with Crippen LogP contribution < -0.4 is 10.6 Å². The lowest BCUT2D eigenvalue weighted by molar-refractivity contribution is -0.132. The molecule has 0 aromatic heterocycles. The van der Waals surface area contributed by atoms with E-state index in [1.807, 2.05) is 0 Å². The summed E-state index contributed by atoms with van der Waals surface area (Å²) in [5.74, 6) is 0.438. The Morgan fingerprint density at radius 3 is 2.93 bits per heavy atom. The topological polar surface area (TPSA) is 50.4 Å². The lowest BCUT2D eigenvalue weighted by Crippen LogP contribution is -2.43. The van der Waals surface area contributed by atoms with E-state index < -0.39 is 0 Å². The summed E-state index contributed by atoms with van der Waals surface area (Å²) in [5, 5.41) is 6.25. The van der Waals surface area contributed by atoms with E-state index in [0.29, 0.717) is 12.0 Å². The minimum atomic E-state index is -0.212. The maximum absolute atomic E-state index is 11.7. The number of carbonyl (C=O) groups is 1. The lowest BCUT2D eigenvalue weighted by Gasteiger charge is -2.17. The van der Waals surface area contributed by atoms with Gasteiger partial charge >= 0.3 is 0 Å². The minimum absolute atomic E-state index is 0.0729. The van der Waals surface area contributed by atoms with Crippen molar-refractivity contribution in [3.8, 4) is 0 Å². The molecule has 2 aliphatic rings. The molecule has 0 bridgehead atoms. The molecule has 0 aromatic rings. The van der Waals surface area contributed by atoms with Crippen molar-refractivity contribution in [3.63, 3.8) is 0 Å². The Kier molecular flexibility index (Phi) is 3.03. The van der Waals surface area contributed by atoms with Crippen LogP contribution in [-0.2, 0) is 9.53 Å². The number of hydrogen-bond donors (Lipinski definition) is 2. The molecule has 2 N–H and O–H groups in total. The number of carbonyl (C=O) groups excluding carboxylic acids is 1. The molecule has 1 amide bonds. The first-order valence-corrected chi connectivity index (χ1v) is 5.40. The van der Waals surface area contributed by atoms with Gasteiger partial charge in [-0.05, 0) is 25.3 Å². The molecule has 2 saturated heterocycles. The van der Waals surface area contributed by atoms with E-state index >= 15 is 0 Å². The molecule has 3 unspecified atom stereocenters. The second-order valence-electron chi connectivity index (χ2n) is 4.26. The summed E-state index contributed by atoms with van der Waals surface area (Å²) >= 11 is 0. The van der Waals surface area contributed by atoms with E-state index in [-0.39, 0.29) is 12.0 Å². The maximum atomic E-state index is 11.7. The van der Waals surface area contributed by atoms with Crippen molar-refractivity contribution in [1.82, 2.24) is 10.6 Å². The zero-order chi connectivity index (χ0) is 9.97. The van der Waals surface area contributed by atoms with Crippen LogP contribution in [0.3, 0.4) is 0 Å². The fourth-order valence-corrected chi connectivity index (χ4v) is 2.09. The predicted molar refractivity (Wildman–Crippen MR) is 52.9 cm³/mol. The molecular formula is C10H18N2O2. The fraction of sp³-hybridized carbons (Fsp3) is 0.900. The van der Waals surface area contributed by atoms with Gasteiger partial charge in [-0.25, -0.2) is 0 Å². The van der Waals surface area contributed by atoms with E-state index in [0.717, 1.165) is 32.5 Å². The van der Waals surface area contributed by atoms with Crippen molar-refractivity contribution >= 4 is 5.91 Å². The second-order valence-corrected chi connectivity index (χ2v) is 4.26. The van der Waals surface area contributed by atoms with Crippen LogP contribution in [0.2, 0.25) is 0 Å². The Bertz CT molecular complexity index is 214. The summed E-state index contributed by atoms with van der Waals surface area (Å²) in [7, 11) is 0. The predicted octanol–water partition coefficient (Wildman–Crippen LogP) is -0.110. The van der Waals surface area contributed by atoms with E-state index in [2.05, 4.69) is 17.6 Å². The fourth-order valence-electron chi connectivity index (χ4n) is 2.09. The maximum Gasteiger partial charge on any atom is 0.249 e. The van der Waals surface area contributed by atoms with Crippen molar-refractivity contribution in [3.05, 3.63) is 0 Å². The molecule has 2 heterocycles. The lowest BCUT2D eigenvalue weighted by atomic mass is 10.0. The zero-order valence-electron chi connectivity index (χ0n) is 8.58. The summed E-state index contributed by atoms with van der Waals surface area (Å²) < 4.78 is 5.40. The minimum Gasteiger partial charge on any atom is -0.368 e. The summed E-state index contributed by atoms with van der Waals surface area (Å²) in [4.78, 5) is 11.7. The average Bonchev–Trinajstić information content (AvgIpc) is 2.75. The first-order chi connectivity index (χ1) is 6.77. The second kappa shape index (κ2) is 4.28. The van der Waals surface area contributed by atoms with Crippen molar-refractivity contribution in [2.75, 3.05) is 19.7 Å². The highest BCUT2D eigenvalue weighted by Gasteiger charge is 2.32. The average molecular weight is 198 g/mol. The van der Waals surface area contributed by atoms with E-state index in [4.69, 9.17) is 4.74 Å². The summed E-state index contributed by atoms with van der Waals surface area (Å²) in [6.45, 7) is 4.70. The first kappa shape index (κ1) is 9.93. The van der Waals surface area contributed by atoms with E-state index in [9.17, 15) is 4.79 Å². The van der Waals surface area contributed by atoms with Gasteiger partial charge in [0.05, 0.1) is 0 Å². The quantitative estimate of drug-likeness (QED) is 0.651. The van der Waals surface area contributed by atoms with Gasteiger partial charge in [0.25, 0.3) is 0 Å². The highest BCUT2D eigenvalue weighted by molar-refractivity contribution is 5.81. The first-order valence-electron chi connectivity index (χ1n) is 5.40. The van der Waals surface area contributed by atoms with Crippen molar-refractivity contribution in [2.24, 2.45) is 5.92 Å². The van der Waals surface area contributed by atoms with Crippen LogP contribution in [0.15, 0.2) is 0 Å². The summed E-state index contributed by atoms with van der Waals surface area (Å²) in [6.07, 6.45) is 1.82. The Labute approximate surface area is 84.4 Å². The molecule has 0 saturated carbocycles. The molecule has 4 heteroatoms. The number of rotatable bonds is 2. The van der Waals surface area contributed by atoms with Gasteiger partial charge in [-0.3, -0.25) is 4.79 Å². The van der Waals surface area contributed by atoms with Gasteiger partial charge in [0.1, 0.15) is 6.10 Å². The number of nitrogens with one attached hydrogen (secondary N) is 2. The highest BCUT2D eigenvalue weighted by Crippen LogP contribution is 2.20. The van der Waals surface area contributed by atoms with Crippen LogP contribution in [0.4, 0.5) is 0 Å². The Morgan fingerprint density at radius 2 is 2.36 bits per heavy atom. The van der Waals surface area contributed by atoms with Gasteiger partial charge in [-0.15, -0.1) is 0 Å². The smallest absolute Gasteiger partial charge is 0.249 e. The molecule has 2 aliphatic heterocycles. The van der Waals surface area contributed by atoms with E-state index in [1.165, 1.54) is 0 Å². The monoisotopic (exact) mass is 198 g/mol. The molecule has 0 radical (unpaired) electrons. The highest BCUT2D eigenvalue weighted by atomic mass is 16.5. The largest absolute Gasteiger partial charge is 0.368 e. The molecule has 0 aromatic carbocycles. The third-order valence-corrected chi connectivity index (χ3v) is 3.05. The Morgan fingerprint density at radius 1 is 1.50 bits per heavy atom. The Balaban J connectivity index is 1.82.